The molecule has 23 heavy (non-hydrogen) atoms. The number of carbonyl (C=O) groups excluding carboxylic acids is 1. The highest BCUT2D eigenvalue weighted by atomic mass is 16.6. The van der Waals surface area contributed by atoms with Crippen LogP contribution in [0.5, 0.6) is 5.75 Å². The highest BCUT2D eigenvalue weighted by Crippen LogP contribution is 2.32. The van der Waals surface area contributed by atoms with Crippen LogP contribution < -0.4 is 9.64 Å². The molecule has 0 aromatic heterocycles. The summed E-state index contributed by atoms with van der Waals surface area (Å²) in [5, 5.41) is 4.16. The lowest BCUT2D eigenvalue weighted by atomic mass is 10.1. The monoisotopic (exact) mass is 310 g/mol. The smallest absolute Gasteiger partial charge is 0.264 e. The molecule has 0 saturated heterocycles. The molecule has 0 unspecified atom stereocenters. The zero-order chi connectivity index (χ0) is 16.2. The van der Waals surface area contributed by atoms with Crippen LogP contribution in [0.1, 0.15) is 18.1 Å². The Morgan fingerprint density at radius 3 is 2.83 bits per heavy atom. The van der Waals surface area contributed by atoms with E-state index in [2.05, 4.69) is 5.16 Å². The first-order valence-electron chi connectivity index (χ1n) is 7.39. The summed E-state index contributed by atoms with van der Waals surface area (Å²) in [4.78, 5) is 18.7. The predicted molar refractivity (Wildman–Crippen MR) is 88.8 cm³/mol. The van der Waals surface area contributed by atoms with E-state index in [9.17, 15) is 4.79 Å². The topological polar surface area (TPSA) is 51.1 Å². The SMILES string of the molecule is C/C(=N\OCc1ccccc1)c1ccc2c(c1)N(C)C(=O)CO2. The Hall–Kier alpha value is -2.82. The third-order valence-electron chi connectivity index (χ3n) is 3.74. The van der Waals surface area contributed by atoms with Crippen molar-refractivity contribution in [1.29, 1.82) is 0 Å². The van der Waals surface area contributed by atoms with Crippen LogP contribution in [0.25, 0.3) is 0 Å². The molecule has 0 aliphatic carbocycles. The normalized spacial score (nSPS) is 14.3. The maximum atomic E-state index is 11.7. The summed E-state index contributed by atoms with van der Waals surface area (Å²) >= 11 is 0. The van der Waals surface area contributed by atoms with Gasteiger partial charge in [-0.2, -0.15) is 0 Å². The Balaban J connectivity index is 1.73. The lowest BCUT2D eigenvalue weighted by Crippen LogP contribution is -2.35. The molecule has 5 nitrogen and oxygen atoms in total. The maximum Gasteiger partial charge on any atom is 0.264 e. The molecule has 1 aliphatic heterocycles. The Labute approximate surface area is 135 Å². The summed E-state index contributed by atoms with van der Waals surface area (Å²) in [7, 11) is 1.74. The Morgan fingerprint density at radius 1 is 1.26 bits per heavy atom. The number of hydrogen-bond acceptors (Lipinski definition) is 4. The van der Waals surface area contributed by atoms with Crippen LogP contribution in [-0.2, 0) is 16.2 Å². The Bertz CT molecular complexity index is 741. The van der Waals surface area contributed by atoms with Crippen LogP contribution in [0.3, 0.4) is 0 Å². The fourth-order valence-electron chi connectivity index (χ4n) is 2.33. The summed E-state index contributed by atoms with van der Waals surface area (Å²) in [5.41, 5.74) is 3.45. The molecule has 0 bridgehead atoms. The van der Waals surface area contributed by atoms with Gasteiger partial charge in [-0.15, -0.1) is 0 Å². The molecule has 5 heteroatoms. The second-order valence-corrected chi connectivity index (χ2v) is 5.36. The quantitative estimate of drug-likeness (QED) is 0.644. The Kier molecular flexibility index (Phi) is 4.28. The standard InChI is InChI=1S/C18H18N2O3/c1-13(19-23-11-14-6-4-3-5-7-14)15-8-9-17-16(10-15)20(2)18(21)12-22-17/h3-10H,11-12H2,1-2H3/b19-13+. The van der Waals surface area contributed by atoms with E-state index in [-0.39, 0.29) is 12.5 Å². The number of anilines is 1. The summed E-state index contributed by atoms with van der Waals surface area (Å²) < 4.78 is 5.42. The van der Waals surface area contributed by atoms with Crippen molar-refractivity contribution in [3.05, 3.63) is 59.7 Å². The van der Waals surface area contributed by atoms with Gasteiger partial charge in [-0.1, -0.05) is 35.5 Å². The van der Waals surface area contributed by atoms with E-state index in [0.717, 1.165) is 22.5 Å². The largest absolute Gasteiger partial charge is 0.482 e. The van der Waals surface area contributed by atoms with Crippen molar-refractivity contribution in [3.63, 3.8) is 0 Å². The van der Waals surface area contributed by atoms with Gasteiger partial charge in [0.2, 0.25) is 0 Å². The van der Waals surface area contributed by atoms with Crippen molar-refractivity contribution in [2.24, 2.45) is 5.16 Å². The first-order chi connectivity index (χ1) is 11.1. The number of rotatable bonds is 4. The van der Waals surface area contributed by atoms with E-state index in [4.69, 9.17) is 9.57 Å². The number of ether oxygens (including phenoxy) is 1. The van der Waals surface area contributed by atoms with Crippen LogP contribution in [0.2, 0.25) is 0 Å². The molecular weight excluding hydrogens is 292 g/mol. The number of oxime groups is 1. The van der Waals surface area contributed by atoms with Crippen LogP contribution in [0.4, 0.5) is 5.69 Å². The van der Waals surface area contributed by atoms with Gasteiger partial charge in [0.15, 0.2) is 6.61 Å². The molecule has 2 aromatic rings. The van der Waals surface area contributed by atoms with Gasteiger partial charge in [0, 0.05) is 12.6 Å². The number of likely N-dealkylation sites (N-methyl/N-ethyl adjacent to an activating group) is 1. The van der Waals surface area contributed by atoms with Gasteiger partial charge < -0.3 is 14.5 Å². The molecule has 1 amide bonds. The Morgan fingerprint density at radius 2 is 2.04 bits per heavy atom. The third kappa shape index (κ3) is 3.34. The zero-order valence-corrected chi connectivity index (χ0v) is 13.2. The average Bonchev–Trinajstić information content (AvgIpc) is 2.59. The molecule has 118 valence electrons. The van der Waals surface area contributed by atoms with E-state index >= 15 is 0 Å². The molecule has 2 aromatic carbocycles. The number of carbonyl (C=O) groups is 1. The number of benzene rings is 2. The highest BCUT2D eigenvalue weighted by molar-refractivity contribution is 6.02. The van der Waals surface area contributed by atoms with Gasteiger partial charge in [-0.3, -0.25) is 4.79 Å². The maximum absolute atomic E-state index is 11.7. The van der Waals surface area contributed by atoms with Crippen LogP contribution >= 0.6 is 0 Å². The summed E-state index contributed by atoms with van der Waals surface area (Å²) in [6.07, 6.45) is 0. The van der Waals surface area contributed by atoms with E-state index in [0.29, 0.717) is 12.4 Å². The number of hydrogen-bond donors (Lipinski definition) is 0. The van der Waals surface area contributed by atoms with Gasteiger partial charge in [0.05, 0.1) is 11.4 Å². The minimum absolute atomic E-state index is 0.0652. The van der Waals surface area contributed by atoms with Crippen molar-refractivity contribution in [1.82, 2.24) is 0 Å². The minimum Gasteiger partial charge on any atom is -0.482 e. The van der Waals surface area contributed by atoms with Gasteiger partial charge in [-0.25, -0.2) is 0 Å². The summed E-state index contributed by atoms with van der Waals surface area (Å²) in [6.45, 7) is 2.37. The fraction of sp³-hybridized carbons (Fsp3) is 0.222. The van der Waals surface area contributed by atoms with Crippen molar-refractivity contribution in [2.75, 3.05) is 18.6 Å². The van der Waals surface area contributed by atoms with Crippen molar-refractivity contribution >= 4 is 17.3 Å². The third-order valence-corrected chi connectivity index (χ3v) is 3.74. The molecule has 0 fully saturated rings. The highest BCUT2D eigenvalue weighted by Gasteiger charge is 2.22. The van der Waals surface area contributed by atoms with Gasteiger partial charge >= 0.3 is 0 Å². The molecule has 0 saturated carbocycles. The van der Waals surface area contributed by atoms with E-state index in [1.165, 1.54) is 0 Å². The zero-order valence-electron chi connectivity index (χ0n) is 13.2. The number of amides is 1. The lowest BCUT2D eigenvalue weighted by Gasteiger charge is -2.26. The summed E-state index contributed by atoms with van der Waals surface area (Å²) in [6, 6.07) is 15.5. The molecule has 0 radical (unpaired) electrons. The predicted octanol–water partition coefficient (Wildman–Crippen LogP) is 2.98. The molecule has 3 rings (SSSR count). The molecule has 0 atom stereocenters. The second kappa shape index (κ2) is 6.52. The first-order valence-corrected chi connectivity index (χ1v) is 7.39. The van der Waals surface area contributed by atoms with Crippen LogP contribution in [-0.4, -0.2) is 25.3 Å². The fourth-order valence-corrected chi connectivity index (χ4v) is 2.33. The first kappa shape index (κ1) is 15.1. The van der Waals surface area contributed by atoms with E-state index in [1.807, 2.05) is 55.5 Å². The van der Waals surface area contributed by atoms with Crippen molar-refractivity contribution < 1.29 is 14.4 Å². The average molecular weight is 310 g/mol. The van der Waals surface area contributed by atoms with Crippen LogP contribution in [0, 0.1) is 0 Å². The number of fused-ring (bicyclic) bond motifs is 1. The minimum atomic E-state index is -0.0652. The van der Waals surface area contributed by atoms with Crippen molar-refractivity contribution in [2.45, 2.75) is 13.5 Å². The van der Waals surface area contributed by atoms with E-state index < -0.39 is 0 Å². The van der Waals surface area contributed by atoms with Gasteiger partial charge in [-0.05, 0) is 30.7 Å². The number of nitrogens with zero attached hydrogens (tertiary/aromatic N) is 2. The molecule has 0 spiro atoms. The second-order valence-electron chi connectivity index (χ2n) is 5.36. The van der Waals surface area contributed by atoms with E-state index in [1.54, 1.807) is 11.9 Å². The van der Waals surface area contributed by atoms with Crippen molar-refractivity contribution in [3.8, 4) is 5.75 Å². The molecule has 1 heterocycles. The molecule has 1 aliphatic rings. The van der Waals surface area contributed by atoms with Gasteiger partial charge in [0.1, 0.15) is 12.4 Å². The summed E-state index contributed by atoms with van der Waals surface area (Å²) in [5.74, 6) is 0.637. The lowest BCUT2D eigenvalue weighted by molar-refractivity contribution is -0.120. The molecular formula is C18H18N2O3. The van der Waals surface area contributed by atoms with Gasteiger partial charge in [0.25, 0.3) is 5.91 Å². The molecule has 0 N–H and O–H groups in total. The van der Waals surface area contributed by atoms with Crippen LogP contribution in [0.15, 0.2) is 53.7 Å².